The fourth-order valence-corrected chi connectivity index (χ4v) is 1.74. The lowest BCUT2D eigenvalue weighted by Gasteiger charge is -2.09. The van der Waals surface area contributed by atoms with Gasteiger partial charge < -0.3 is 4.74 Å². The molecule has 0 atom stereocenters. The summed E-state index contributed by atoms with van der Waals surface area (Å²) in [4.78, 5) is 23.4. The largest absolute Gasteiger partial charge is 0.497 e. The molecule has 0 bridgehead atoms. The van der Waals surface area contributed by atoms with Crippen molar-refractivity contribution in [2.24, 2.45) is 5.10 Å². The van der Waals surface area contributed by atoms with Crippen LogP contribution in [0.5, 0.6) is 5.75 Å². The van der Waals surface area contributed by atoms with Gasteiger partial charge in [0.15, 0.2) is 0 Å². The Morgan fingerprint density at radius 3 is 2.56 bits per heavy atom. The molecule has 1 aliphatic heterocycles. The lowest BCUT2D eigenvalue weighted by atomic mass is 10.1. The van der Waals surface area contributed by atoms with Crippen LogP contribution in [-0.2, 0) is 16.0 Å². The standard InChI is InChI=1S/C13H14N2O3/c1-9-7-12(16)15(14-9)13(17)8-10-3-5-11(18-2)6-4-10/h3-6H,7-8H2,1-2H3. The molecular weight excluding hydrogens is 232 g/mol. The maximum absolute atomic E-state index is 11.9. The summed E-state index contributed by atoms with van der Waals surface area (Å²) in [5.74, 6) is 0.172. The van der Waals surface area contributed by atoms with Crippen LogP contribution in [0.4, 0.5) is 0 Å². The van der Waals surface area contributed by atoms with E-state index in [1.54, 1.807) is 38.3 Å². The predicted octanol–water partition coefficient (Wildman–Crippen LogP) is 1.37. The van der Waals surface area contributed by atoms with E-state index in [-0.39, 0.29) is 24.7 Å². The summed E-state index contributed by atoms with van der Waals surface area (Å²) in [7, 11) is 1.58. The number of carbonyl (C=O) groups excluding carboxylic acids is 2. The Bertz CT molecular complexity index is 505. The number of hydrazone groups is 1. The minimum absolute atomic E-state index is 0.159. The van der Waals surface area contributed by atoms with Gasteiger partial charge in [0.2, 0.25) is 0 Å². The molecule has 5 nitrogen and oxygen atoms in total. The zero-order valence-electron chi connectivity index (χ0n) is 10.3. The molecule has 0 aromatic heterocycles. The van der Waals surface area contributed by atoms with Crippen LogP contribution in [0.15, 0.2) is 29.4 Å². The highest BCUT2D eigenvalue weighted by molar-refractivity contribution is 6.10. The summed E-state index contributed by atoms with van der Waals surface area (Å²) in [5.41, 5.74) is 1.50. The number of hydrogen-bond donors (Lipinski definition) is 0. The Hall–Kier alpha value is -2.17. The van der Waals surface area contributed by atoms with Crippen molar-refractivity contribution in [3.63, 3.8) is 0 Å². The van der Waals surface area contributed by atoms with Crippen molar-refractivity contribution >= 4 is 17.5 Å². The smallest absolute Gasteiger partial charge is 0.255 e. The van der Waals surface area contributed by atoms with Gasteiger partial charge in [-0.2, -0.15) is 10.1 Å². The van der Waals surface area contributed by atoms with Crippen molar-refractivity contribution in [3.05, 3.63) is 29.8 Å². The van der Waals surface area contributed by atoms with Crippen LogP contribution in [-0.4, -0.2) is 29.6 Å². The molecule has 0 saturated carbocycles. The molecule has 18 heavy (non-hydrogen) atoms. The number of amides is 2. The minimum Gasteiger partial charge on any atom is -0.497 e. The second-order valence-electron chi connectivity index (χ2n) is 4.14. The molecule has 94 valence electrons. The normalized spacial score (nSPS) is 14.7. The van der Waals surface area contributed by atoms with Gasteiger partial charge in [-0.05, 0) is 24.6 Å². The van der Waals surface area contributed by atoms with E-state index in [1.807, 2.05) is 0 Å². The van der Waals surface area contributed by atoms with Crippen LogP contribution in [0.25, 0.3) is 0 Å². The molecule has 1 heterocycles. The van der Waals surface area contributed by atoms with Gasteiger partial charge in [0.05, 0.1) is 20.0 Å². The molecule has 0 N–H and O–H groups in total. The third-order valence-corrected chi connectivity index (χ3v) is 2.66. The maximum Gasteiger partial charge on any atom is 0.255 e. The molecule has 1 aromatic rings. The van der Waals surface area contributed by atoms with Gasteiger partial charge in [-0.15, -0.1) is 0 Å². The Labute approximate surface area is 105 Å². The van der Waals surface area contributed by atoms with Gasteiger partial charge >= 0.3 is 0 Å². The third-order valence-electron chi connectivity index (χ3n) is 2.66. The average Bonchev–Trinajstić information content (AvgIpc) is 2.69. The summed E-state index contributed by atoms with van der Waals surface area (Å²) >= 11 is 0. The van der Waals surface area contributed by atoms with Crippen molar-refractivity contribution in [3.8, 4) is 5.75 Å². The van der Waals surface area contributed by atoms with Gasteiger partial charge in [0, 0.05) is 5.71 Å². The summed E-state index contributed by atoms with van der Waals surface area (Å²) in [6.45, 7) is 1.73. The summed E-state index contributed by atoms with van der Waals surface area (Å²) in [5, 5.41) is 4.88. The fraction of sp³-hybridized carbons (Fsp3) is 0.308. The van der Waals surface area contributed by atoms with E-state index < -0.39 is 0 Å². The van der Waals surface area contributed by atoms with Crippen LogP contribution in [0.2, 0.25) is 0 Å². The lowest BCUT2D eigenvalue weighted by molar-refractivity contribution is -0.142. The Morgan fingerprint density at radius 1 is 1.39 bits per heavy atom. The summed E-state index contributed by atoms with van der Waals surface area (Å²) < 4.78 is 5.03. The van der Waals surface area contributed by atoms with E-state index in [4.69, 9.17) is 4.74 Å². The van der Waals surface area contributed by atoms with Gasteiger partial charge in [0.1, 0.15) is 5.75 Å². The minimum atomic E-state index is -0.304. The molecule has 0 radical (unpaired) electrons. The van der Waals surface area contributed by atoms with Crippen LogP contribution in [0.3, 0.4) is 0 Å². The molecule has 0 fully saturated rings. The number of imide groups is 1. The van der Waals surface area contributed by atoms with E-state index in [0.29, 0.717) is 5.71 Å². The van der Waals surface area contributed by atoms with Crippen LogP contribution in [0.1, 0.15) is 18.9 Å². The van der Waals surface area contributed by atoms with Crippen LogP contribution >= 0.6 is 0 Å². The van der Waals surface area contributed by atoms with E-state index in [0.717, 1.165) is 16.3 Å². The number of hydrogen-bond acceptors (Lipinski definition) is 4. The van der Waals surface area contributed by atoms with Crippen molar-refractivity contribution in [1.29, 1.82) is 0 Å². The summed E-state index contributed by atoms with van der Waals surface area (Å²) in [6.07, 6.45) is 0.390. The molecule has 2 amide bonds. The molecule has 0 aliphatic carbocycles. The molecular formula is C13H14N2O3. The maximum atomic E-state index is 11.9. The van der Waals surface area contributed by atoms with Crippen LogP contribution < -0.4 is 4.74 Å². The second kappa shape index (κ2) is 5.00. The molecule has 2 rings (SSSR count). The number of benzene rings is 1. The topological polar surface area (TPSA) is 59.0 Å². The Morgan fingerprint density at radius 2 is 2.06 bits per heavy atom. The first-order chi connectivity index (χ1) is 8.60. The predicted molar refractivity (Wildman–Crippen MR) is 66.3 cm³/mol. The Kier molecular flexibility index (Phi) is 3.41. The van der Waals surface area contributed by atoms with Gasteiger partial charge in [-0.1, -0.05) is 12.1 Å². The molecule has 0 spiro atoms. The van der Waals surface area contributed by atoms with Gasteiger partial charge in [0.25, 0.3) is 11.8 Å². The molecule has 5 heteroatoms. The van der Waals surface area contributed by atoms with E-state index in [1.165, 1.54) is 0 Å². The number of carbonyl (C=O) groups is 2. The highest BCUT2D eigenvalue weighted by Gasteiger charge is 2.27. The SMILES string of the molecule is COc1ccc(CC(=O)N2N=C(C)CC2=O)cc1. The van der Waals surface area contributed by atoms with E-state index >= 15 is 0 Å². The fourth-order valence-electron chi connectivity index (χ4n) is 1.74. The first-order valence-electron chi connectivity index (χ1n) is 5.63. The number of rotatable bonds is 3. The zero-order valence-corrected chi connectivity index (χ0v) is 10.3. The number of methoxy groups -OCH3 is 1. The van der Waals surface area contributed by atoms with Crippen molar-refractivity contribution in [2.75, 3.05) is 7.11 Å². The van der Waals surface area contributed by atoms with Crippen LogP contribution in [0, 0.1) is 0 Å². The molecule has 0 saturated heterocycles. The first kappa shape index (κ1) is 12.3. The monoisotopic (exact) mass is 246 g/mol. The zero-order chi connectivity index (χ0) is 13.1. The first-order valence-corrected chi connectivity index (χ1v) is 5.63. The second-order valence-corrected chi connectivity index (χ2v) is 4.14. The quantitative estimate of drug-likeness (QED) is 0.809. The Balaban J connectivity index is 2.05. The van der Waals surface area contributed by atoms with E-state index in [2.05, 4.69) is 5.10 Å². The molecule has 1 aromatic carbocycles. The third kappa shape index (κ3) is 2.56. The highest BCUT2D eigenvalue weighted by Crippen LogP contribution is 2.14. The van der Waals surface area contributed by atoms with Gasteiger partial charge in [-0.3, -0.25) is 9.59 Å². The van der Waals surface area contributed by atoms with Gasteiger partial charge in [-0.25, -0.2) is 0 Å². The van der Waals surface area contributed by atoms with Crippen molar-refractivity contribution < 1.29 is 14.3 Å². The molecule has 1 aliphatic rings. The summed E-state index contributed by atoms with van der Waals surface area (Å²) in [6, 6.07) is 7.16. The highest BCUT2D eigenvalue weighted by atomic mass is 16.5. The number of ether oxygens (including phenoxy) is 1. The number of nitrogens with zero attached hydrogens (tertiary/aromatic N) is 2. The lowest BCUT2D eigenvalue weighted by Crippen LogP contribution is -2.29. The van der Waals surface area contributed by atoms with E-state index in [9.17, 15) is 9.59 Å². The van der Waals surface area contributed by atoms with Crippen molar-refractivity contribution in [1.82, 2.24) is 5.01 Å². The van der Waals surface area contributed by atoms with Crippen molar-refractivity contribution in [2.45, 2.75) is 19.8 Å². The average molecular weight is 246 g/mol. The molecule has 0 unspecified atom stereocenters.